The summed E-state index contributed by atoms with van der Waals surface area (Å²) in [6.07, 6.45) is 3.04. The van der Waals surface area contributed by atoms with E-state index in [2.05, 4.69) is 20.3 Å². The molecule has 0 unspecified atom stereocenters. The molecule has 41 heavy (non-hydrogen) atoms. The molecule has 210 valence electrons. The number of likely N-dealkylation sites (tertiary alicyclic amines) is 1. The number of aromatic amines is 2. The number of nitrogens with zero attached hydrogens (tertiary/aromatic N) is 3. The number of aryl methyl sites for hydroxylation is 1. The third-order valence-corrected chi connectivity index (χ3v) is 7.82. The van der Waals surface area contributed by atoms with Crippen LogP contribution in [0.5, 0.6) is 5.75 Å². The number of rotatable bonds is 8. The summed E-state index contributed by atoms with van der Waals surface area (Å²) in [7, 11) is 1.50. The third-order valence-electron chi connectivity index (χ3n) is 7.35. The number of methoxy groups -OCH3 is 1. The molecule has 3 aromatic carbocycles. The molecule has 11 heteroatoms. The first-order chi connectivity index (χ1) is 19.9. The minimum absolute atomic E-state index is 0.0859. The predicted octanol–water partition coefficient (Wildman–Crippen LogP) is 6.09. The Morgan fingerprint density at radius 3 is 2.34 bits per heavy atom. The van der Waals surface area contributed by atoms with E-state index in [4.69, 9.17) is 32.9 Å². The van der Waals surface area contributed by atoms with Gasteiger partial charge in [0.25, 0.3) is 11.8 Å². The third kappa shape index (κ3) is 5.73. The van der Waals surface area contributed by atoms with Crippen molar-refractivity contribution in [2.45, 2.75) is 31.7 Å². The van der Waals surface area contributed by atoms with Crippen LogP contribution in [0.25, 0.3) is 22.1 Å². The van der Waals surface area contributed by atoms with Gasteiger partial charge in [0.05, 0.1) is 40.8 Å². The van der Waals surface area contributed by atoms with Gasteiger partial charge in [-0.05, 0) is 73.9 Å². The average molecular weight is 591 g/mol. The molecule has 2 aromatic heterocycles. The number of hydrogen-bond donors (Lipinski definition) is 3. The van der Waals surface area contributed by atoms with Crippen molar-refractivity contribution in [3.63, 3.8) is 0 Å². The lowest BCUT2D eigenvalue weighted by atomic mass is 10.1. The first-order valence-corrected chi connectivity index (χ1v) is 14.2. The van der Waals surface area contributed by atoms with Gasteiger partial charge in [-0.1, -0.05) is 23.2 Å². The molecule has 0 spiro atoms. The number of halogens is 2. The van der Waals surface area contributed by atoms with Crippen molar-refractivity contribution >= 4 is 57.1 Å². The van der Waals surface area contributed by atoms with Crippen LogP contribution in [-0.2, 0) is 6.42 Å². The Bertz CT molecular complexity index is 1760. The lowest BCUT2D eigenvalue weighted by molar-refractivity contribution is 0.0788. The Kier molecular flexibility index (Phi) is 7.55. The van der Waals surface area contributed by atoms with Crippen molar-refractivity contribution in [2.75, 3.05) is 20.2 Å². The lowest BCUT2D eigenvalue weighted by Gasteiger charge is -2.19. The van der Waals surface area contributed by atoms with Crippen LogP contribution in [0.1, 0.15) is 57.7 Å². The Labute approximate surface area is 246 Å². The van der Waals surface area contributed by atoms with Crippen molar-refractivity contribution in [3.8, 4) is 5.75 Å². The van der Waals surface area contributed by atoms with E-state index in [0.717, 1.165) is 53.8 Å². The summed E-state index contributed by atoms with van der Waals surface area (Å²) in [5.74, 6) is 1.33. The molecule has 9 nitrogen and oxygen atoms in total. The summed E-state index contributed by atoms with van der Waals surface area (Å²) in [4.78, 5) is 44.3. The van der Waals surface area contributed by atoms with Crippen molar-refractivity contribution in [3.05, 3.63) is 87.4 Å². The molecule has 5 aromatic rings. The Hall–Kier alpha value is -4.08. The standard InChI is InChI=1S/C30H28Cl2N6O3/c1-41-26-14-17(4-7-20(26)30(40)38-12-2-3-13-38)29(39)37-23(28-35-22-9-6-19(32)16-25(22)36-28)10-11-27-33-21-8-5-18(31)15-24(21)34-27/h4-9,14-16,23H,2-3,10-13H2,1H3,(H,33,34)(H,35,36)(H,37,39)/t23-/m0/s1. The highest BCUT2D eigenvalue weighted by atomic mass is 35.5. The molecule has 0 saturated carbocycles. The second-order valence-electron chi connectivity index (χ2n) is 10.1. The van der Waals surface area contributed by atoms with Crippen molar-refractivity contribution in [1.82, 2.24) is 30.2 Å². The molecule has 2 amide bonds. The number of hydrogen-bond acceptors (Lipinski definition) is 5. The molecule has 1 aliphatic heterocycles. The fraction of sp³-hybridized carbons (Fsp3) is 0.267. The van der Waals surface area contributed by atoms with Gasteiger partial charge in [0.15, 0.2) is 0 Å². The number of carbonyl (C=O) groups excluding carboxylic acids is 2. The van der Waals surface area contributed by atoms with Gasteiger partial charge >= 0.3 is 0 Å². The summed E-state index contributed by atoms with van der Waals surface area (Å²) in [5.41, 5.74) is 4.01. The number of imidazole rings is 2. The Morgan fingerprint density at radius 1 is 0.951 bits per heavy atom. The maximum absolute atomic E-state index is 13.5. The number of H-pyrrole nitrogens is 2. The highest BCUT2D eigenvalue weighted by molar-refractivity contribution is 6.31. The topological polar surface area (TPSA) is 116 Å². The Morgan fingerprint density at radius 2 is 1.63 bits per heavy atom. The summed E-state index contributed by atoms with van der Waals surface area (Å²) >= 11 is 12.3. The van der Waals surface area contributed by atoms with Crippen LogP contribution >= 0.6 is 23.2 Å². The molecule has 0 aliphatic carbocycles. The smallest absolute Gasteiger partial charge is 0.257 e. The maximum Gasteiger partial charge on any atom is 0.257 e. The summed E-state index contributed by atoms with van der Waals surface area (Å²) in [5, 5.41) is 4.33. The number of fused-ring (bicyclic) bond motifs is 2. The highest BCUT2D eigenvalue weighted by Crippen LogP contribution is 2.27. The molecule has 1 saturated heterocycles. The minimum Gasteiger partial charge on any atom is -0.496 e. The lowest BCUT2D eigenvalue weighted by Crippen LogP contribution is -2.30. The van der Waals surface area contributed by atoms with Gasteiger partial charge in [0, 0.05) is 35.1 Å². The van der Waals surface area contributed by atoms with Gasteiger partial charge in [-0.15, -0.1) is 0 Å². The van der Waals surface area contributed by atoms with E-state index in [9.17, 15) is 9.59 Å². The minimum atomic E-state index is -0.470. The van der Waals surface area contributed by atoms with E-state index in [1.54, 1.807) is 36.4 Å². The molecule has 3 heterocycles. The molecule has 1 aliphatic rings. The van der Waals surface area contributed by atoms with Crippen molar-refractivity contribution < 1.29 is 14.3 Å². The number of aromatic nitrogens is 4. The van der Waals surface area contributed by atoms with Crippen LogP contribution in [0.15, 0.2) is 54.6 Å². The molecule has 0 bridgehead atoms. The summed E-state index contributed by atoms with van der Waals surface area (Å²) < 4.78 is 5.52. The molecule has 1 atom stereocenters. The average Bonchev–Trinajstić information content (AvgIpc) is 3.73. The zero-order chi connectivity index (χ0) is 28.5. The number of benzene rings is 3. The maximum atomic E-state index is 13.5. The first-order valence-electron chi connectivity index (χ1n) is 13.5. The molecular weight excluding hydrogens is 563 g/mol. The van der Waals surface area contributed by atoms with E-state index in [1.165, 1.54) is 7.11 Å². The number of carbonyl (C=O) groups is 2. The van der Waals surface area contributed by atoms with Crippen LogP contribution in [-0.4, -0.2) is 56.8 Å². The van der Waals surface area contributed by atoms with Crippen LogP contribution in [0.4, 0.5) is 0 Å². The predicted molar refractivity (Wildman–Crippen MR) is 159 cm³/mol. The van der Waals surface area contributed by atoms with E-state index in [0.29, 0.717) is 45.6 Å². The number of amides is 2. The van der Waals surface area contributed by atoms with Gasteiger partial charge in [-0.25, -0.2) is 9.97 Å². The molecule has 1 fully saturated rings. The SMILES string of the molecule is COc1cc(C(=O)N[C@@H](CCc2nc3ccc(Cl)cc3[nH]2)c2nc3ccc(Cl)cc3[nH]2)ccc1C(=O)N1CCCC1. The molecule has 0 radical (unpaired) electrons. The summed E-state index contributed by atoms with van der Waals surface area (Å²) in [6.45, 7) is 1.46. The van der Waals surface area contributed by atoms with Crippen molar-refractivity contribution in [2.24, 2.45) is 0 Å². The second-order valence-corrected chi connectivity index (χ2v) is 11.0. The van der Waals surface area contributed by atoms with Gasteiger partial charge < -0.3 is 24.9 Å². The Balaban J connectivity index is 1.26. The largest absolute Gasteiger partial charge is 0.496 e. The number of ether oxygens (including phenoxy) is 1. The first kappa shape index (κ1) is 27.1. The van der Waals surface area contributed by atoms with Gasteiger partial charge in [-0.2, -0.15) is 0 Å². The fourth-order valence-corrected chi connectivity index (χ4v) is 5.56. The van der Waals surface area contributed by atoms with Gasteiger partial charge in [0.2, 0.25) is 0 Å². The zero-order valence-corrected chi connectivity index (χ0v) is 23.9. The van der Waals surface area contributed by atoms with E-state index >= 15 is 0 Å². The van der Waals surface area contributed by atoms with Crippen LogP contribution in [0.2, 0.25) is 10.0 Å². The normalized spacial score (nSPS) is 14.1. The van der Waals surface area contributed by atoms with E-state index in [1.807, 2.05) is 23.1 Å². The second kappa shape index (κ2) is 11.4. The highest BCUT2D eigenvalue weighted by Gasteiger charge is 2.25. The van der Waals surface area contributed by atoms with Gasteiger partial charge in [0.1, 0.15) is 17.4 Å². The molecular formula is C30H28Cl2N6O3. The monoisotopic (exact) mass is 590 g/mol. The van der Waals surface area contributed by atoms with Crippen molar-refractivity contribution in [1.29, 1.82) is 0 Å². The quantitative estimate of drug-likeness (QED) is 0.202. The molecule has 3 N–H and O–H groups in total. The van der Waals surface area contributed by atoms with E-state index in [-0.39, 0.29) is 11.8 Å². The van der Waals surface area contributed by atoms with Crippen LogP contribution in [0.3, 0.4) is 0 Å². The van der Waals surface area contributed by atoms with Crippen LogP contribution < -0.4 is 10.1 Å². The summed E-state index contributed by atoms with van der Waals surface area (Å²) in [6, 6.07) is 15.4. The van der Waals surface area contributed by atoms with E-state index < -0.39 is 6.04 Å². The fourth-order valence-electron chi connectivity index (χ4n) is 5.22. The molecule has 6 rings (SSSR count). The van der Waals surface area contributed by atoms with Gasteiger partial charge in [-0.3, -0.25) is 9.59 Å². The zero-order valence-electron chi connectivity index (χ0n) is 22.3. The number of nitrogens with one attached hydrogen (secondary N) is 3. The van der Waals surface area contributed by atoms with Crippen LogP contribution in [0, 0.1) is 0 Å².